The molecule has 0 amide bonds. The van der Waals surface area contributed by atoms with E-state index in [4.69, 9.17) is 9.72 Å². The van der Waals surface area contributed by atoms with Gasteiger partial charge in [-0.2, -0.15) is 0 Å². The molecule has 0 spiro atoms. The molecule has 3 heteroatoms. The van der Waals surface area contributed by atoms with E-state index in [1.165, 1.54) is 5.39 Å². The van der Waals surface area contributed by atoms with Crippen LogP contribution in [0.3, 0.4) is 0 Å². The van der Waals surface area contributed by atoms with Crippen LogP contribution in [0.4, 0.5) is 0 Å². The van der Waals surface area contributed by atoms with E-state index < -0.39 is 0 Å². The van der Waals surface area contributed by atoms with Crippen LogP contribution in [0.1, 0.15) is 0 Å². The van der Waals surface area contributed by atoms with Gasteiger partial charge in [-0.05, 0) is 37.2 Å². The Balaban J connectivity index is 1.76. The molecule has 0 atom stereocenters. The van der Waals surface area contributed by atoms with Crippen molar-refractivity contribution in [2.45, 2.75) is 0 Å². The van der Waals surface area contributed by atoms with E-state index in [-0.39, 0.29) is 0 Å². The van der Waals surface area contributed by atoms with E-state index in [0.717, 1.165) is 40.1 Å². The van der Waals surface area contributed by atoms with Crippen molar-refractivity contribution in [1.82, 2.24) is 9.88 Å². The van der Waals surface area contributed by atoms with Crippen molar-refractivity contribution >= 4 is 10.8 Å². The summed E-state index contributed by atoms with van der Waals surface area (Å²) in [5.41, 5.74) is 4.42. The summed E-state index contributed by atoms with van der Waals surface area (Å²) in [6.45, 7) is 1.57. The van der Waals surface area contributed by atoms with Gasteiger partial charge in [-0.15, -0.1) is 0 Å². The first-order valence-corrected chi connectivity index (χ1v) is 9.53. The molecule has 140 valence electrons. The standard InChI is InChI=1S/C25H24N2O/c1-27(2)16-17-28-22-14-12-19(13-15-22)24-23-11-7-6-10-21(23)18-26-25(24)20-8-4-3-5-9-20/h3-15,18H,16-17H2,1-2H3. The number of aromatic nitrogens is 1. The fourth-order valence-corrected chi connectivity index (χ4v) is 3.33. The van der Waals surface area contributed by atoms with Gasteiger partial charge in [0.1, 0.15) is 12.4 Å². The summed E-state index contributed by atoms with van der Waals surface area (Å²) in [7, 11) is 4.09. The van der Waals surface area contributed by atoms with Gasteiger partial charge in [0, 0.05) is 29.3 Å². The third kappa shape index (κ3) is 3.90. The first-order valence-electron chi connectivity index (χ1n) is 9.53. The maximum atomic E-state index is 5.85. The summed E-state index contributed by atoms with van der Waals surface area (Å²) >= 11 is 0. The maximum absolute atomic E-state index is 5.85. The molecule has 3 aromatic carbocycles. The lowest BCUT2D eigenvalue weighted by molar-refractivity contribution is 0.261. The molecule has 0 aliphatic heterocycles. The Morgan fingerprint density at radius 2 is 1.50 bits per heavy atom. The SMILES string of the molecule is CN(C)CCOc1ccc(-c2c(-c3ccccc3)ncc3ccccc23)cc1. The molecule has 0 N–H and O–H groups in total. The van der Waals surface area contributed by atoms with Crippen molar-refractivity contribution < 1.29 is 4.74 Å². The summed E-state index contributed by atoms with van der Waals surface area (Å²) in [4.78, 5) is 6.92. The summed E-state index contributed by atoms with van der Waals surface area (Å²) in [6, 6.07) is 27.1. The molecule has 0 radical (unpaired) electrons. The second-order valence-electron chi connectivity index (χ2n) is 7.11. The number of rotatable bonds is 6. The Kier molecular flexibility index (Phi) is 5.36. The van der Waals surface area contributed by atoms with E-state index in [1.54, 1.807) is 0 Å². The predicted molar refractivity (Wildman–Crippen MR) is 117 cm³/mol. The highest BCUT2D eigenvalue weighted by atomic mass is 16.5. The summed E-state index contributed by atoms with van der Waals surface area (Å²) < 4.78 is 5.85. The van der Waals surface area contributed by atoms with Gasteiger partial charge in [-0.3, -0.25) is 4.98 Å². The van der Waals surface area contributed by atoms with Crippen molar-refractivity contribution in [3.8, 4) is 28.1 Å². The molecule has 0 saturated carbocycles. The first-order chi connectivity index (χ1) is 13.7. The molecular formula is C25H24N2O. The minimum absolute atomic E-state index is 0.678. The Morgan fingerprint density at radius 1 is 0.786 bits per heavy atom. The second kappa shape index (κ2) is 8.24. The lowest BCUT2D eigenvalue weighted by atomic mass is 9.94. The molecule has 0 fully saturated rings. The monoisotopic (exact) mass is 368 g/mol. The quantitative estimate of drug-likeness (QED) is 0.449. The van der Waals surface area contributed by atoms with Crippen LogP contribution in [0.5, 0.6) is 5.75 Å². The van der Waals surface area contributed by atoms with E-state index >= 15 is 0 Å². The Labute approximate surface area is 166 Å². The number of ether oxygens (including phenoxy) is 1. The minimum atomic E-state index is 0.678. The fourth-order valence-electron chi connectivity index (χ4n) is 3.33. The van der Waals surface area contributed by atoms with Gasteiger partial charge in [-0.25, -0.2) is 0 Å². The van der Waals surface area contributed by atoms with Gasteiger partial charge in [0.05, 0.1) is 5.69 Å². The third-order valence-electron chi connectivity index (χ3n) is 4.80. The smallest absolute Gasteiger partial charge is 0.119 e. The lowest BCUT2D eigenvalue weighted by Crippen LogP contribution is -2.19. The van der Waals surface area contributed by atoms with E-state index in [2.05, 4.69) is 65.6 Å². The Bertz CT molecular complexity index is 1060. The summed E-state index contributed by atoms with van der Waals surface area (Å²) in [5.74, 6) is 0.889. The van der Waals surface area contributed by atoms with Crippen molar-refractivity contribution in [3.05, 3.63) is 85.1 Å². The molecule has 4 aromatic rings. The number of nitrogens with zero attached hydrogens (tertiary/aromatic N) is 2. The van der Waals surface area contributed by atoms with E-state index in [9.17, 15) is 0 Å². The molecule has 0 saturated heterocycles. The van der Waals surface area contributed by atoms with E-state index in [0.29, 0.717) is 6.61 Å². The molecule has 4 rings (SSSR count). The highest BCUT2D eigenvalue weighted by molar-refractivity contribution is 6.02. The number of likely N-dealkylation sites (N-methyl/N-ethyl adjacent to an activating group) is 1. The predicted octanol–water partition coefficient (Wildman–Crippen LogP) is 5.51. The van der Waals surface area contributed by atoms with E-state index in [1.807, 2.05) is 38.5 Å². The van der Waals surface area contributed by atoms with Gasteiger partial charge >= 0.3 is 0 Å². The molecule has 3 nitrogen and oxygen atoms in total. The third-order valence-corrected chi connectivity index (χ3v) is 4.80. The van der Waals surface area contributed by atoms with Crippen molar-refractivity contribution in [2.24, 2.45) is 0 Å². The van der Waals surface area contributed by atoms with Crippen LogP contribution in [0, 0.1) is 0 Å². The number of hydrogen-bond donors (Lipinski definition) is 0. The zero-order valence-corrected chi connectivity index (χ0v) is 16.3. The zero-order chi connectivity index (χ0) is 19.3. The van der Waals surface area contributed by atoms with Crippen LogP contribution in [0.15, 0.2) is 85.1 Å². The highest BCUT2D eigenvalue weighted by Crippen LogP contribution is 2.36. The fraction of sp³-hybridized carbons (Fsp3) is 0.160. The van der Waals surface area contributed by atoms with Crippen LogP contribution >= 0.6 is 0 Å². The van der Waals surface area contributed by atoms with Crippen LogP contribution < -0.4 is 4.74 Å². The first kappa shape index (κ1) is 18.2. The van der Waals surface area contributed by atoms with Crippen LogP contribution in [0.25, 0.3) is 33.2 Å². The molecule has 1 heterocycles. The Morgan fingerprint density at radius 3 is 2.25 bits per heavy atom. The number of pyridine rings is 1. The average Bonchev–Trinajstić information content (AvgIpc) is 2.74. The van der Waals surface area contributed by atoms with Crippen LogP contribution in [0.2, 0.25) is 0 Å². The highest BCUT2D eigenvalue weighted by Gasteiger charge is 2.13. The second-order valence-corrected chi connectivity index (χ2v) is 7.11. The normalized spacial score (nSPS) is 11.1. The topological polar surface area (TPSA) is 25.4 Å². The van der Waals surface area contributed by atoms with Gasteiger partial charge < -0.3 is 9.64 Å². The maximum Gasteiger partial charge on any atom is 0.119 e. The lowest BCUT2D eigenvalue weighted by Gasteiger charge is -2.14. The molecular weight excluding hydrogens is 344 g/mol. The van der Waals surface area contributed by atoms with Crippen LogP contribution in [-0.4, -0.2) is 37.1 Å². The van der Waals surface area contributed by atoms with Gasteiger partial charge in [0.2, 0.25) is 0 Å². The van der Waals surface area contributed by atoms with Crippen LogP contribution in [-0.2, 0) is 0 Å². The summed E-state index contributed by atoms with van der Waals surface area (Å²) in [5, 5.41) is 2.35. The molecule has 0 bridgehead atoms. The molecule has 0 aliphatic rings. The van der Waals surface area contributed by atoms with Crippen molar-refractivity contribution in [2.75, 3.05) is 27.2 Å². The Hall–Kier alpha value is -3.17. The molecule has 0 unspecified atom stereocenters. The van der Waals surface area contributed by atoms with Gasteiger partial charge in [-0.1, -0.05) is 66.7 Å². The average molecular weight is 368 g/mol. The molecule has 1 aromatic heterocycles. The summed E-state index contributed by atoms with van der Waals surface area (Å²) in [6.07, 6.45) is 1.96. The number of benzene rings is 3. The molecule has 28 heavy (non-hydrogen) atoms. The number of hydrogen-bond acceptors (Lipinski definition) is 3. The van der Waals surface area contributed by atoms with Crippen molar-refractivity contribution in [3.63, 3.8) is 0 Å². The van der Waals surface area contributed by atoms with Gasteiger partial charge in [0.25, 0.3) is 0 Å². The van der Waals surface area contributed by atoms with Gasteiger partial charge in [0.15, 0.2) is 0 Å². The van der Waals surface area contributed by atoms with Crippen molar-refractivity contribution in [1.29, 1.82) is 0 Å². The molecule has 0 aliphatic carbocycles. The minimum Gasteiger partial charge on any atom is -0.492 e. The number of fused-ring (bicyclic) bond motifs is 1. The largest absolute Gasteiger partial charge is 0.492 e. The zero-order valence-electron chi connectivity index (χ0n) is 16.3.